The summed E-state index contributed by atoms with van der Waals surface area (Å²) in [5.41, 5.74) is 4.94. The van der Waals surface area contributed by atoms with Crippen LogP contribution in [0.2, 0.25) is 0 Å². The smallest absolute Gasteiger partial charge is 0.244 e. The Morgan fingerprint density at radius 1 is 1.14 bits per heavy atom. The number of nitrogens with one attached hydrogen (secondary N) is 1. The Morgan fingerprint density at radius 2 is 1.86 bits per heavy atom. The van der Waals surface area contributed by atoms with Crippen LogP contribution < -0.4 is 0 Å². The third-order valence-electron chi connectivity index (χ3n) is 6.85. The Balaban J connectivity index is 1.37. The van der Waals surface area contributed by atoms with E-state index in [0.29, 0.717) is 17.8 Å². The van der Waals surface area contributed by atoms with Crippen molar-refractivity contribution in [2.24, 2.45) is 5.92 Å². The van der Waals surface area contributed by atoms with Gasteiger partial charge in [0.05, 0.1) is 5.69 Å². The Morgan fingerprint density at radius 3 is 2.52 bits per heavy atom. The zero-order chi connectivity index (χ0) is 20.7. The number of likely N-dealkylation sites (N-methyl/N-ethyl adjacent to an activating group) is 2. The van der Waals surface area contributed by atoms with E-state index in [-0.39, 0.29) is 11.9 Å². The molecule has 1 aliphatic carbocycles. The quantitative estimate of drug-likeness (QED) is 0.796. The molecule has 4 atom stereocenters. The van der Waals surface area contributed by atoms with Crippen molar-refractivity contribution in [3.8, 4) is 0 Å². The summed E-state index contributed by atoms with van der Waals surface area (Å²) in [6.45, 7) is 8.42. The van der Waals surface area contributed by atoms with Gasteiger partial charge in [0, 0.05) is 31.7 Å². The summed E-state index contributed by atoms with van der Waals surface area (Å²) >= 11 is 0. The van der Waals surface area contributed by atoms with Crippen LogP contribution in [0.4, 0.5) is 0 Å². The summed E-state index contributed by atoms with van der Waals surface area (Å²) < 4.78 is 0. The molecule has 1 aromatic carbocycles. The maximum absolute atomic E-state index is 12.6. The molecule has 0 spiro atoms. The van der Waals surface area contributed by atoms with Crippen LogP contribution in [0.25, 0.3) is 0 Å². The van der Waals surface area contributed by atoms with Crippen molar-refractivity contribution < 1.29 is 4.79 Å². The van der Waals surface area contributed by atoms with E-state index in [9.17, 15) is 4.79 Å². The maximum Gasteiger partial charge on any atom is 0.244 e. The van der Waals surface area contributed by atoms with Crippen LogP contribution in [0.5, 0.6) is 0 Å². The number of H-pyrrole nitrogens is 1. The Hall–Kier alpha value is -2.14. The standard InChI is InChI=1S/C24H34N4O/c1-15(2)21-14-22(26-25-21)20-13-19(20)12-16(3)17-6-8-18(9-7-17)23-24(29)28(5)11-10-27(23)4/h6-9,14-16,19-20,23H,10-13H2,1-5H3,(H,25,26). The number of aromatic nitrogens is 2. The first kappa shape index (κ1) is 20.1. The first-order valence-electron chi connectivity index (χ1n) is 11.0. The van der Waals surface area contributed by atoms with Crippen molar-refractivity contribution in [2.75, 3.05) is 27.2 Å². The van der Waals surface area contributed by atoms with Gasteiger partial charge in [-0.1, -0.05) is 45.0 Å². The summed E-state index contributed by atoms with van der Waals surface area (Å²) in [5.74, 6) is 2.57. The second-order valence-corrected chi connectivity index (χ2v) is 9.45. The largest absolute Gasteiger partial charge is 0.343 e. The molecule has 1 saturated carbocycles. The molecule has 4 unspecified atom stereocenters. The molecule has 1 N–H and O–H groups in total. The highest BCUT2D eigenvalue weighted by Gasteiger charge is 2.40. The molecule has 5 heteroatoms. The number of aromatic amines is 1. The zero-order valence-electron chi connectivity index (χ0n) is 18.4. The van der Waals surface area contributed by atoms with Crippen molar-refractivity contribution in [2.45, 2.75) is 57.4 Å². The van der Waals surface area contributed by atoms with Crippen molar-refractivity contribution >= 4 is 5.91 Å². The first-order valence-corrected chi connectivity index (χ1v) is 11.0. The van der Waals surface area contributed by atoms with Crippen LogP contribution >= 0.6 is 0 Å². The molecule has 4 rings (SSSR count). The average Bonchev–Trinajstić information content (AvgIpc) is 3.27. The lowest BCUT2D eigenvalue weighted by atomic mass is 9.92. The van der Waals surface area contributed by atoms with Crippen LogP contribution in [0.15, 0.2) is 30.3 Å². The van der Waals surface area contributed by atoms with Crippen LogP contribution in [-0.2, 0) is 4.79 Å². The lowest BCUT2D eigenvalue weighted by molar-refractivity contribution is -0.139. The Kier molecular flexibility index (Phi) is 5.52. The predicted octanol–water partition coefficient (Wildman–Crippen LogP) is 4.28. The molecule has 2 aliphatic rings. The number of amides is 1. The van der Waals surface area contributed by atoms with Crippen molar-refractivity contribution in [1.82, 2.24) is 20.0 Å². The normalized spacial score (nSPS) is 26.2. The SMILES string of the molecule is CC(C)c1cc(C2CC2CC(C)c2ccc(C3C(=O)N(C)CCN3C)cc2)[nH]n1. The van der Waals surface area contributed by atoms with Gasteiger partial charge in [-0.15, -0.1) is 0 Å². The number of carbonyl (C=O) groups is 1. The number of rotatable bonds is 6. The number of piperazine rings is 1. The molecule has 2 aromatic rings. The summed E-state index contributed by atoms with van der Waals surface area (Å²) in [6, 6.07) is 10.8. The topological polar surface area (TPSA) is 52.2 Å². The lowest BCUT2D eigenvalue weighted by Crippen LogP contribution is -2.48. The van der Waals surface area contributed by atoms with Crippen LogP contribution in [0, 0.1) is 5.92 Å². The van der Waals surface area contributed by atoms with Gasteiger partial charge in [0.2, 0.25) is 5.91 Å². The Labute approximate surface area is 174 Å². The molecule has 1 amide bonds. The van der Waals surface area contributed by atoms with Gasteiger partial charge in [-0.25, -0.2) is 0 Å². The number of hydrogen-bond acceptors (Lipinski definition) is 3. The monoisotopic (exact) mass is 394 g/mol. The molecular weight excluding hydrogens is 360 g/mol. The molecule has 2 fully saturated rings. The van der Waals surface area contributed by atoms with Gasteiger partial charge >= 0.3 is 0 Å². The van der Waals surface area contributed by atoms with E-state index >= 15 is 0 Å². The third-order valence-corrected chi connectivity index (χ3v) is 6.85. The van der Waals surface area contributed by atoms with E-state index in [0.717, 1.165) is 24.6 Å². The van der Waals surface area contributed by atoms with E-state index in [2.05, 4.69) is 66.2 Å². The third kappa shape index (κ3) is 4.11. The highest BCUT2D eigenvalue weighted by molar-refractivity contribution is 5.83. The van der Waals surface area contributed by atoms with Crippen molar-refractivity contribution in [3.63, 3.8) is 0 Å². The van der Waals surface area contributed by atoms with Crippen LogP contribution in [-0.4, -0.2) is 53.1 Å². The number of nitrogens with zero attached hydrogens (tertiary/aromatic N) is 3. The van der Waals surface area contributed by atoms with E-state index in [1.165, 1.54) is 29.8 Å². The molecule has 0 bridgehead atoms. The molecular formula is C24H34N4O. The maximum atomic E-state index is 12.6. The minimum Gasteiger partial charge on any atom is -0.343 e. The molecule has 29 heavy (non-hydrogen) atoms. The predicted molar refractivity (Wildman–Crippen MR) is 116 cm³/mol. The second kappa shape index (κ2) is 7.94. The summed E-state index contributed by atoms with van der Waals surface area (Å²) in [4.78, 5) is 16.6. The summed E-state index contributed by atoms with van der Waals surface area (Å²) in [6.07, 6.45) is 2.46. The number of carbonyl (C=O) groups excluding carboxylic acids is 1. The first-order chi connectivity index (χ1) is 13.8. The molecule has 0 radical (unpaired) electrons. The zero-order valence-corrected chi connectivity index (χ0v) is 18.4. The average molecular weight is 395 g/mol. The molecule has 2 heterocycles. The van der Waals surface area contributed by atoms with Gasteiger partial charge in [-0.2, -0.15) is 5.10 Å². The van der Waals surface area contributed by atoms with E-state index in [1.807, 2.05) is 19.0 Å². The highest BCUT2D eigenvalue weighted by atomic mass is 16.2. The molecule has 1 aliphatic heterocycles. The summed E-state index contributed by atoms with van der Waals surface area (Å²) in [5, 5.41) is 7.72. The molecule has 5 nitrogen and oxygen atoms in total. The number of benzene rings is 1. The van der Waals surface area contributed by atoms with Crippen LogP contribution in [0.3, 0.4) is 0 Å². The summed E-state index contributed by atoms with van der Waals surface area (Å²) in [7, 11) is 3.94. The second-order valence-electron chi connectivity index (χ2n) is 9.45. The van der Waals surface area contributed by atoms with Gasteiger partial charge in [-0.05, 0) is 54.8 Å². The van der Waals surface area contributed by atoms with Crippen molar-refractivity contribution in [3.05, 3.63) is 52.8 Å². The van der Waals surface area contributed by atoms with Crippen LogP contribution in [0.1, 0.15) is 79.9 Å². The van der Waals surface area contributed by atoms with Gasteiger partial charge in [0.1, 0.15) is 6.04 Å². The van der Waals surface area contributed by atoms with E-state index in [4.69, 9.17) is 0 Å². The fraction of sp³-hybridized carbons (Fsp3) is 0.583. The molecule has 1 aromatic heterocycles. The lowest BCUT2D eigenvalue weighted by Gasteiger charge is -2.37. The minimum atomic E-state index is -0.151. The molecule has 156 valence electrons. The van der Waals surface area contributed by atoms with Gasteiger partial charge < -0.3 is 4.90 Å². The van der Waals surface area contributed by atoms with E-state index in [1.54, 1.807) is 0 Å². The minimum absolute atomic E-state index is 0.151. The van der Waals surface area contributed by atoms with Gasteiger partial charge in [0.15, 0.2) is 0 Å². The Bertz CT molecular complexity index is 856. The van der Waals surface area contributed by atoms with Gasteiger partial charge in [-0.3, -0.25) is 14.8 Å². The number of hydrogen-bond donors (Lipinski definition) is 1. The fourth-order valence-electron chi connectivity index (χ4n) is 4.67. The molecule has 1 saturated heterocycles. The van der Waals surface area contributed by atoms with Gasteiger partial charge in [0.25, 0.3) is 0 Å². The fourth-order valence-corrected chi connectivity index (χ4v) is 4.67. The highest BCUT2D eigenvalue weighted by Crippen LogP contribution is 2.51. The van der Waals surface area contributed by atoms with E-state index < -0.39 is 0 Å². The van der Waals surface area contributed by atoms with Crippen molar-refractivity contribution in [1.29, 1.82) is 0 Å².